The summed E-state index contributed by atoms with van der Waals surface area (Å²) < 4.78 is 0. The summed E-state index contributed by atoms with van der Waals surface area (Å²) in [4.78, 5) is 27.4. The average molecular weight is 343 g/mol. The van der Waals surface area contributed by atoms with E-state index in [2.05, 4.69) is 20.3 Å². The first-order chi connectivity index (χ1) is 11.7. The highest BCUT2D eigenvalue weighted by Crippen LogP contribution is 2.39. The number of hydrogen-bond acceptors (Lipinski definition) is 6. The zero-order valence-corrected chi connectivity index (χ0v) is 14.5. The molecule has 126 valence electrons. The quantitative estimate of drug-likeness (QED) is 0.921. The molecule has 1 aliphatic carbocycles. The zero-order valence-electron chi connectivity index (χ0n) is 13.7. The van der Waals surface area contributed by atoms with Gasteiger partial charge in [0.05, 0.1) is 23.3 Å². The zero-order chi connectivity index (χ0) is 16.5. The number of anilines is 1. The molecule has 0 radical (unpaired) electrons. The molecule has 1 saturated carbocycles. The van der Waals surface area contributed by atoms with Gasteiger partial charge in [-0.3, -0.25) is 9.78 Å². The minimum absolute atomic E-state index is 0.202. The van der Waals surface area contributed by atoms with Gasteiger partial charge >= 0.3 is 0 Å². The minimum Gasteiger partial charge on any atom is -0.366 e. The highest BCUT2D eigenvalue weighted by molar-refractivity contribution is 7.09. The number of carbonyl (C=O) groups is 1. The number of aryl methyl sites for hydroxylation is 1. The van der Waals surface area contributed by atoms with Crippen molar-refractivity contribution in [1.82, 2.24) is 19.9 Å². The molecular weight excluding hydrogens is 322 g/mol. The molecule has 0 bridgehead atoms. The van der Waals surface area contributed by atoms with Crippen LogP contribution in [0.25, 0.3) is 0 Å². The van der Waals surface area contributed by atoms with Gasteiger partial charge in [0.1, 0.15) is 5.82 Å². The lowest BCUT2D eigenvalue weighted by Crippen LogP contribution is -2.34. The van der Waals surface area contributed by atoms with Crippen LogP contribution in [0, 0.1) is 18.8 Å². The molecule has 2 aromatic heterocycles. The molecule has 1 saturated heterocycles. The summed E-state index contributed by atoms with van der Waals surface area (Å²) in [6.45, 7) is 3.69. The predicted octanol–water partition coefficient (Wildman–Crippen LogP) is 2.13. The first kappa shape index (κ1) is 15.5. The standard InChI is InChI=1S/C17H21N5OS/c1-11-20-13(10-24-11)6-17(23)22-8-12-2-3-15(14(12)9-22)21-16-7-18-4-5-19-16/h4-5,7,10,12,14-15H,2-3,6,8-9H2,1H3,(H,19,21)/t12-,14+,15-/m1/s1. The maximum atomic E-state index is 12.6. The number of nitrogens with one attached hydrogen (secondary N) is 1. The first-order valence-corrected chi connectivity index (χ1v) is 9.28. The number of amides is 1. The van der Waals surface area contributed by atoms with Crippen LogP contribution in [-0.4, -0.2) is 44.9 Å². The molecule has 1 N–H and O–H groups in total. The smallest absolute Gasteiger partial charge is 0.228 e. The van der Waals surface area contributed by atoms with Crippen LogP contribution in [0.15, 0.2) is 24.0 Å². The summed E-state index contributed by atoms with van der Waals surface area (Å²) in [5.74, 6) is 2.13. The van der Waals surface area contributed by atoms with E-state index in [0.29, 0.717) is 24.3 Å². The van der Waals surface area contributed by atoms with Crippen molar-refractivity contribution in [3.8, 4) is 0 Å². The van der Waals surface area contributed by atoms with Crippen LogP contribution >= 0.6 is 11.3 Å². The SMILES string of the molecule is Cc1nc(CC(=O)N2C[C@H]3CC[C@@H](Nc4cnccn4)[C@H]3C2)cs1. The van der Waals surface area contributed by atoms with Gasteiger partial charge in [0.2, 0.25) is 5.91 Å². The van der Waals surface area contributed by atoms with E-state index in [0.717, 1.165) is 36.0 Å². The van der Waals surface area contributed by atoms with E-state index in [4.69, 9.17) is 0 Å². The molecule has 3 atom stereocenters. The largest absolute Gasteiger partial charge is 0.366 e. The van der Waals surface area contributed by atoms with Gasteiger partial charge in [-0.15, -0.1) is 11.3 Å². The van der Waals surface area contributed by atoms with Crippen molar-refractivity contribution >= 4 is 23.1 Å². The number of rotatable bonds is 4. The third kappa shape index (κ3) is 3.13. The Morgan fingerprint density at radius 3 is 3.04 bits per heavy atom. The maximum Gasteiger partial charge on any atom is 0.228 e. The van der Waals surface area contributed by atoms with Crippen LogP contribution in [0.4, 0.5) is 5.82 Å². The van der Waals surface area contributed by atoms with Crippen LogP contribution in [-0.2, 0) is 11.2 Å². The second-order valence-electron chi connectivity index (χ2n) is 6.68. The third-order valence-corrected chi connectivity index (χ3v) is 5.93. The Labute approximate surface area is 145 Å². The monoisotopic (exact) mass is 343 g/mol. The Morgan fingerprint density at radius 2 is 2.29 bits per heavy atom. The molecule has 1 aliphatic heterocycles. The van der Waals surface area contributed by atoms with Crippen molar-refractivity contribution in [2.24, 2.45) is 11.8 Å². The van der Waals surface area contributed by atoms with Gasteiger partial charge in [0.15, 0.2) is 0 Å². The number of carbonyl (C=O) groups excluding carboxylic acids is 1. The molecule has 7 heteroatoms. The van der Waals surface area contributed by atoms with E-state index in [1.807, 2.05) is 17.2 Å². The molecule has 4 rings (SSSR count). The summed E-state index contributed by atoms with van der Waals surface area (Å²) in [6.07, 6.45) is 7.87. The van der Waals surface area contributed by atoms with Crippen molar-refractivity contribution in [2.45, 2.75) is 32.2 Å². The van der Waals surface area contributed by atoms with Crippen molar-refractivity contribution in [2.75, 3.05) is 18.4 Å². The highest BCUT2D eigenvalue weighted by atomic mass is 32.1. The van der Waals surface area contributed by atoms with Crippen molar-refractivity contribution in [3.63, 3.8) is 0 Å². The second-order valence-corrected chi connectivity index (χ2v) is 7.74. The Balaban J connectivity index is 1.37. The summed E-state index contributed by atoms with van der Waals surface area (Å²) in [7, 11) is 0. The Hall–Kier alpha value is -2.02. The lowest BCUT2D eigenvalue weighted by atomic mass is 9.98. The lowest BCUT2D eigenvalue weighted by Gasteiger charge is -2.22. The molecule has 0 spiro atoms. The van der Waals surface area contributed by atoms with E-state index >= 15 is 0 Å². The topological polar surface area (TPSA) is 71.0 Å². The molecular formula is C17H21N5OS. The Bertz CT molecular complexity index is 719. The molecule has 1 amide bonds. The summed E-state index contributed by atoms with van der Waals surface area (Å²) in [5, 5.41) is 6.51. The van der Waals surface area contributed by atoms with Crippen molar-refractivity contribution < 1.29 is 4.79 Å². The third-order valence-electron chi connectivity index (χ3n) is 5.10. The van der Waals surface area contributed by atoms with E-state index in [1.165, 1.54) is 6.42 Å². The van der Waals surface area contributed by atoms with Crippen LogP contribution in [0.2, 0.25) is 0 Å². The molecule has 0 aromatic carbocycles. The van der Waals surface area contributed by atoms with Gasteiger partial charge in [-0.2, -0.15) is 0 Å². The van der Waals surface area contributed by atoms with E-state index in [-0.39, 0.29) is 5.91 Å². The predicted molar refractivity (Wildman–Crippen MR) is 92.8 cm³/mol. The van der Waals surface area contributed by atoms with Gasteiger partial charge in [0.25, 0.3) is 0 Å². The molecule has 2 fully saturated rings. The molecule has 2 aliphatic rings. The normalized spacial score (nSPS) is 25.7. The van der Waals surface area contributed by atoms with Gasteiger partial charge in [-0.1, -0.05) is 0 Å². The summed E-state index contributed by atoms with van der Waals surface area (Å²) >= 11 is 1.60. The van der Waals surface area contributed by atoms with Crippen molar-refractivity contribution in [3.05, 3.63) is 34.7 Å². The molecule has 0 unspecified atom stereocenters. The van der Waals surface area contributed by atoms with E-state index < -0.39 is 0 Å². The number of aromatic nitrogens is 3. The summed E-state index contributed by atoms with van der Waals surface area (Å²) in [5.41, 5.74) is 0.897. The molecule has 6 nitrogen and oxygen atoms in total. The number of thiazole rings is 1. The van der Waals surface area contributed by atoms with Crippen LogP contribution in [0.3, 0.4) is 0 Å². The molecule has 3 heterocycles. The fourth-order valence-electron chi connectivity index (χ4n) is 3.97. The van der Waals surface area contributed by atoms with Gasteiger partial charge in [0, 0.05) is 42.8 Å². The fraction of sp³-hybridized carbons (Fsp3) is 0.529. The number of fused-ring (bicyclic) bond motifs is 1. The van der Waals surface area contributed by atoms with Crippen molar-refractivity contribution in [1.29, 1.82) is 0 Å². The number of likely N-dealkylation sites (tertiary alicyclic amines) is 1. The lowest BCUT2D eigenvalue weighted by molar-refractivity contribution is -0.129. The minimum atomic E-state index is 0.202. The molecule has 2 aromatic rings. The van der Waals surface area contributed by atoms with Crippen LogP contribution in [0.1, 0.15) is 23.5 Å². The highest BCUT2D eigenvalue weighted by Gasteiger charge is 2.44. The van der Waals surface area contributed by atoms with Crippen LogP contribution in [0.5, 0.6) is 0 Å². The summed E-state index contributed by atoms with van der Waals surface area (Å²) in [6, 6.07) is 0.381. The van der Waals surface area contributed by atoms with Crippen LogP contribution < -0.4 is 5.32 Å². The Morgan fingerprint density at radius 1 is 1.38 bits per heavy atom. The average Bonchev–Trinajstić information content (AvgIpc) is 3.26. The van der Waals surface area contributed by atoms with E-state index in [9.17, 15) is 4.79 Å². The number of nitrogens with zero attached hydrogens (tertiary/aromatic N) is 4. The number of hydrogen-bond donors (Lipinski definition) is 1. The van der Waals surface area contributed by atoms with Gasteiger partial charge < -0.3 is 10.2 Å². The fourth-order valence-corrected chi connectivity index (χ4v) is 4.58. The Kier molecular flexibility index (Phi) is 4.18. The van der Waals surface area contributed by atoms with Gasteiger partial charge in [-0.05, 0) is 25.7 Å². The van der Waals surface area contributed by atoms with Gasteiger partial charge in [-0.25, -0.2) is 9.97 Å². The van der Waals surface area contributed by atoms with E-state index in [1.54, 1.807) is 29.9 Å². The second kappa shape index (κ2) is 6.47. The first-order valence-electron chi connectivity index (χ1n) is 8.40. The maximum absolute atomic E-state index is 12.6. The molecule has 24 heavy (non-hydrogen) atoms.